The monoisotopic (exact) mass is 1130 g/mol. The second-order valence-electron chi connectivity index (χ2n) is 30.4. The molecule has 8 aromatic heterocycles. The van der Waals surface area contributed by atoms with Gasteiger partial charge in [0.2, 0.25) is 0 Å². The maximum absolute atomic E-state index is 2.61. The van der Waals surface area contributed by atoms with E-state index in [9.17, 15) is 0 Å². The summed E-state index contributed by atoms with van der Waals surface area (Å²) in [7, 11) is 0. The summed E-state index contributed by atoms with van der Waals surface area (Å²) in [5, 5.41) is 26.3. The van der Waals surface area contributed by atoms with Crippen LogP contribution >= 0.6 is 0 Å². The van der Waals surface area contributed by atoms with E-state index in [1.54, 1.807) is 0 Å². The molecular weight excluding hydrogens is 1060 g/mol. The minimum absolute atomic E-state index is 0.0100. The Labute approximate surface area is 508 Å². The zero-order valence-corrected chi connectivity index (χ0v) is 51.9. The van der Waals surface area contributed by atoms with Crippen LogP contribution in [0.3, 0.4) is 0 Å². The second-order valence-corrected chi connectivity index (χ2v) is 30.4. The fraction of sp³-hybridized carbons (Fsp3) is 0.190. The predicted molar refractivity (Wildman–Crippen MR) is 379 cm³/mol. The van der Waals surface area contributed by atoms with Gasteiger partial charge in [0.05, 0.1) is 66.2 Å². The molecule has 0 amide bonds. The first-order chi connectivity index (χ1) is 42.2. The third kappa shape index (κ3) is 6.16. The van der Waals surface area contributed by atoms with E-state index in [0.717, 1.165) is 6.42 Å². The van der Waals surface area contributed by atoms with Gasteiger partial charge in [-0.3, -0.25) is 0 Å². The van der Waals surface area contributed by atoms with Gasteiger partial charge in [-0.1, -0.05) is 167 Å². The molecule has 0 aliphatic carbocycles. The molecule has 0 saturated carbocycles. The summed E-state index contributed by atoms with van der Waals surface area (Å²) in [4.78, 5) is 0. The van der Waals surface area contributed by atoms with Crippen LogP contribution in [-0.2, 0) is 28.1 Å². The Bertz CT molecular complexity index is 6520. The van der Waals surface area contributed by atoms with E-state index in [2.05, 4.69) is 282 Å². The van der Waals surface area contributed by atoms with Gasteiger partial charge in [-0.2, -0.15) is 0 Å². The van der Waals surface area contributed by atoms with Gasteiger partial charge in [0, 0.05) is 86.2 Å². The lowest BCUT2D eigenvalue weighted by Crippen LogP contribution is -2.20. The van der Waals surface area contributed by atoms with Gasteiger partial charge < -0.3 is 17.6 Å². The molecule has 4 nitrogen and oxygen atoms in total. The van der Waals surface area contributed by atoms with Crippen molar-refractivity contribution in [2.75, 3.05) is 0 Å². The van der Waals surface area contributed by atoms with Crippen LogP contribution in [0, 0.1) is 0 Å². The standard InChI is InChI=1S/C84H66N4/c1-81(2,3)49-24-26-69-59(33-49)65-35-51(82(4,5)6)37-67-63-42-76-64(41-75(63)85(69)79(65)67)68-38-52(83(7,8)9)36-66-60-34-50(25-27-70(60)86(76)80(66)68)84(10,11)43-44-22-23-47-32-72-58(30-48(47)28-44)54-19-15-21-56-62-39-73-61(40-74(62)88(72)78(54)56)55-20-14-18-53-57-29-45-16-12-13-17-46(45)31-71(57)87(73)77(53)55/h12-42H,43H2,1-11H3. The van der Waals surface area contributed by atoms with Crippen LogP contribution < -0.4 is 0 Å². The van der Waals surface area contributed by atoms with Crippen molar-refractivity contribution in [2.24, 2.45) is 0 Å². The van der Waals surface area contributed by atoms with Crippen molar-refractivity contribution in [1.82, 2.24) is 17.6 Å². The molecule has 0 aliphatic heterocycles. The number of nitrogens with zero attached hydrogens (tertiary/aromatic N) is 4. The van der Waals surface area contributed by atoms with Crippen LogP contribution in [0.15, 0.2) is 188 Å². The topological polar surface area (TPSA) is 17.6 Å². The van der Waals surface area contributed by atoms with Crippen molar-refractivity contribution >= 4 is 174 Å². The molecule has 8 heterocycles. The van der Waals surface area contributed by atoms with Crippen molar-refractivity contribution in [3.63, 3.8) is 0 Å². The summed E-state index contributed by atoms with van der Waals surface area (Å²) >= 11 is 0. The molecule has 0 fully saturated rings. The van der Waals surface area contributed by atoms with Crippen LogP contribution in [-0.4, -0.2) is 17.6 Å². The highest BCUT2D eigenvalue weighted by atomic mass is 15.0. The van der Waals surface area contributed by atoms with E-state index < -0.39 is 0 Å². The SMILES string of the molecule is CC(C)(C)c1ccc2c(c1)c1cc(C(C)(C)C)cc3c4cc5c(cc4n2c13)c1cc(C(C)(C)C)cc2c3cc(C(C)(C)Cc4ccc6cc7c(cc6c4)c4cccc6c8cc9c(cc8n7c46)c4cccc6c7cc8ccccc8cc7n9c64)ccc3n5c21. The molecule has 20 rings (SSSR count). The van der Waals surface area contributed by atoms with Gasteiger partial charge in [0.15, 0.2) is 0 Å². The van der Waals surface area contributed by atoms with Crippen LogP contribution in [0.1, 0.15) is 104 Å². The summed E-state index contributed by atoms with van der Waals surface area (Å²) in [5.41, 5.74) is 22.2. The van der Waals surface area contributed by atoms with Crippen LogP contribution in [0.25, 0.3) is 174 Å². The van der Waals surface area contributed by atoms with E-state index in [1.807, 2.05) is 0 Å². The molecule has 0 spiro atoms. The van der Waals surface area contributed by atoms with Gasteiger partial charge in [0.1, 0.15) is 0 Å². The largest absolute Gasteiger partial charge is 0.308 e. The lowest BCUT2D eigenvalue weighted by atomic mass is 9.78. The molecule has 88 heavy (non-hydrogen) atoms. The zero-order chi connectivity index (χ0) is 59.3. The zero-order valence-electron chi connectivity index (χ0n) is 51.9. The highest BCUT2D eigenvalue weighted by Gasteiger charge is 2.30. The fourth-order valence-electron chi connectivity index (χ4n) is 17.0. The van der Waals surface area contributed by atoms with Crippen LogP contribution in [0.2, 0.25) is 0 Å². The van der Waals surface area contributed by atoms with Gasteiger partial charge in [0.25, 0.3) is 0 Å². The Morgan fingerprint density at radius 2 is 0.557 bits per heavy atom. The minimum atomic E-state index is -0.151. The molecule has 0 bridgehead atoms. The van der Waals surface area contributed by atoms with Gasteiger partial charge >= 0.3 is 0 Å². The van der Waals surface area contributed by atoms with Gasteiger partial charge in [-0.25, -0.2) is 0 Å². The van der Waals surface area contributed by atoms with E-state index in [4.69, 9.17) is 0 Å². The molecule has 422 valence electrons. The number of fused-ring (bicyclic) bond motifs is 26. The van der Waals surface area contributed by atoms with Crippen molar-refractivity contribution in [3.05, 3.63) is 216 Å². The van der Waals surface area contributed by atoms with Crippen LogP contribution in [0.5, 0.6) is 0 Å². The van der Waals surface area contributed by atoms with Crippen molar-refractivity contribution in [2.45, 2.75) is 104 Å². The highest BCUT2D eigenvalue weighted by molar-refractivity contribution is 6.32. The molecule has 0 atom stereocenters. The van der Waals surface area contributed by atoms with Gasteiger partial charge in [-0.15, -0.1) is 0 Å². The number of hydrogen-bond acceptors (Lipinski definition) is 0. The number of rotatable bonds is 3. The minimum Gasteiger partial charge on any atom is -0.308 e. The second kappa shape index (κ2) is 15.7. The molecular formula is C84H66N4. The molecule has 0 saturated heterocycles. The Kier molecular flexibility index (Phi) is 8.84. The summed E-state index contributed by atoms with van der Waals surface area (Å²) in [5.74, 6) is 0. The lowest BCUT2D eigenvalue weighted by molar-refractivity contribution is 0.523. The maximum atomic E-state index is 2.61. The lowest BCUT2D eigenvalue weighted by Gasteiger charge is -2.26. The van der Waals surface area contributed by atoms with E-state index in [0.29, 0.717) is 0 Å². The molecule has 0 radical (unpaired) electrons. The molecule has 0 aliphatic rings. The third-order valence-corrected chi connectivity index (χ3v) is 21.6. The van der Waals surface area contributed by atoms with Crippen molar-refractivity contribution in [1.29, 1.82) is 0 Å². The first-order valence-corrected chi connectivity index (χ1v) is 31.8. The quantitative estimate of drug-likeness (QED) is 0.168. The summed E-state index contributed by atoms with van der Waals surface area (Å²) < 4.78 is 10.3. The summed E-state index contributed by atoms with van der Waals surface area (Å²) in [6.45, 7) is 26.1. The Hall–Kier alpha value is -9.64. The normalized spacial score (nSPS) is 13.9. The van der Waals surface area contributed by atoms with E-state index in [-0.39, 0.29) is 21.7 Å². The molecule has 0 N–H and O–H groups in total. The molecule has 4 heteroatoms. The van der Waals surface area contributed by atoms with E-state index in [1.165, 1.54) is 202 Å². The average molecular weight is 1130 g/mol. The maximum Gasteiger partial charge on any atom is 0.0620 e. The third-order valence-electron chi connectivity index (χ3n) is 21.6. The number of para-hydroxylation sites is 2. The van der Waals surface area contributed by atoms with E-state index >= 15 is 0 Å². The first kappa shape index (κ1) is 49.5. The Balaban J connectivity index is 0.721. The molecule has 12 aromatic carbocycles. The number of benzene rings is 12. The summed E-state index contributed by atoms with van der Waals surface area (Å²) in [6.07, 6.45) is 0.916. The first-order valence-electron chi connectivity index (χ1n) is 31.8. The van der Waals surface area contributed by atoms with Crippen molar-refractivity contribution in [3.8, 4) is 0 Å². The van der Waals surface area contributed by atoms with Crippen LogP contribution in [0.4, 0.5) is 0 Å². The summed E-state index contributed by atoms with van der Waals surface area (Å²) in [6, 6.07) is 74.3. The predicted octanol–water partition coefficient (Wildman–Crippen LogP) is 23.0. The Morgan fingerprint density at radius 3 is 1.01 bits per heavy atom. The van der Waals surface area contributed by atoms with Crippen molar-refractivity contribution < 1.29 is 0 Å². The molecule has 0 unspecified atom stereocenters. The smallest absolute Gasteiger partial charge is 0.0620 e. The molecule has 20 aromatic rings. The number of hydrogen-bond donors (Lipinski definition) is 0. The van der Waals surface area contributed by atoms with Gasteiger partial charge in [-0.05, 0) is 175 Å². The fourth-order valence-corrected chi connectivity index (χ4v) is 17.0. The number of aromatic nitrogens is 4. The average Bonchev–Trinajstić information content (AvgIpc) is 1.53. The Morgan fingerprint density at radius 1 is 0.227 bits per heavy atom. The highest BCUT2D eigenvalue weighted by Crippen LogP contribution is 2.50.